The van der Waals surface area contributed by atoms with Crippen LogP contribution in [0.3, 0.4) is 0 Å². The molecule has 2 rings (SSSR count). The Balaban J connectivity index is 1.72. The van der Waals surface area contributed by atoms with Crippen molar-refractivity contribution in [1.82, 2.24) is 0 Å². The number of hydrogen-bond acceptors (Lipinski definition) is 0. The van der Waals surface area contributed by atoms with E-state index in [0.717, 1.165) is 18.1 Å². The SMILES string of the molecule is CCCCCCCCCCc1ccc(-c2ccc(CCC=C(F)F)cc2)cc1. The molecule has 0 fully saturated rings. The second-order valence-electron chi connectivity index (χ2n) is 7.65. The minimum absolute atomic E-state index is 0.384. The van der Waals surface area contributed by atoms with E-state index in [4.69, 9.17) is 0 Å². The zero-order valence-corrected chi connectivity index (χ0v) is 17.2. The molecular formula is C26H34F2. The van der Waals surface area contributed by atoms with Gasteiger partial charge in [-0.15, -0.1) is 0 Å². The topological polar surface area (TPSA) is 0 Å². The normalized spacial score (nSPS) is 10.8. The third-order valence-corrected chi connectivity index (χ3v) is 5.29. The van der Waals surface area contributed by atoms with Crippen LogP contribution in [0, 0.1) is 0 Å². The predicted molar refractivity (Wildman–Crippen MR) is 117 cm³/mol. The number of hydrogen-bond donors (Lipinski definition) is 0. The van der Waals surface area contributed by atoms with Gasteiger partial charge in [-0.1, -0.05) is 100 Å². The zero-order valence-electron chi connectivity index (χ0n) is 17.2. The molecule has 0 aliphatic heterocycles. The summed E-state index contributed by atoms with van der Waals surface area (Å²) in [5, 5.41) is 0. The lowest BCUT2D eigenvalue weighted by atomic mass is 9.99. The molecule has 0 heterocycles. The highest BCUT2D eigenvalue weighted by Gasteiger charge is 2.00. The maximum absolute atomic E-state index is 12.1. The van der Waals surface area contributed by atoms with Crippen molar-refractivity contribution < 1.29 is 8.78 Å². The van der Waals surface area contributed by atoms with Crippen molar-refractivity contribution in [3.63, 3.8) is 0 Å². The monoisotopic (exact) mass is 384 g/mol. The third-order valence-electron chi connectivity index (χ3n) is 5.29. The summed E-state index contributed by atoms with van der Waals surface area (Å²) in [4.78, 5) is 0. The average molecular weight is 385 g/mol. The first-order chi connectivity index (χ1) is 13.7. The Labute approximate surface area is 169 Å². The molecule has 0 N–H and O–H groups in total. The fraction of sp³-hybridized carbons (Fsp3) is 0.462. The van der Waals surface area contributed by atoms with E-state index in [9.17, 15) is 8.78 Å². The van der Waals surface area contributed by atoms with Crippen LogP contribution < -0.4 is 0 Å². The Morgan fingerprint density at radius 1 is 0.643 bits per heavy atom. The van der Waals surface area contributed by atoms with Gasteiger partial charge in [0.15, 0.2) is 0 Å². The number of rotatable bonds is 13. The first-order valence-corrected chi connectivity index (χ1v) is 10.9. The van der Waals surface area contributed by atoms with Gasteiger partial charge in [0.1, 0.15) is 0 Å². The molecule has 0 bridgehead atoms. The van der Waals surface area contributed by atoms with Crippen LogP contribution in [0.2, 0.25) is 0 Å². The van der Waals surface area contributed by atoms with E-state index in [1.807, 2.05) is 12.1 Å². The summed E-state index contributed by atoms with van der Waals surface area (Å²) in [5.41, 5.74) is 4.88. The van der Waals surface area contributed by atoms with E-state index < -0.39 is 6.08 Å². The Kier molecular flexibility index (Phi) is 10.6. The van der Waals surface area contributed by atoms with Crippen molar-refractivity contribution in [3.05, 3.63) is 71.8 Å². The maximum Gasteiger partial charge on any atom is 0.266 e. The molecule has 0 amide bonds. The summed E-state index contributed by atoms with van der Waals surface area (Å²) in [6.07, 6.45) is 12.4. The molecule has 0 saturated heterocycles. The van der Waals surface area contributed by atoms with E-state index in [1.54, 1.807) is 0 Å². The molecule has 0 unspecified atom stereocenters. The van der Waals surface area contributed by atoms with Gasteiger partial charge in [-0.3, -0.25) is 0 Å². The summed E-state index contributed by atoms with van der Waals surface area (Å²) in [6, 6.07) is 17.1. The summed E-state index contributed by atoms with van der Waals surface area (Å²) in [7, 11) is 0. The first kappa shape index (κ1) is 22.3. The minimum atomic E-state index is -1.59. The fourth-order valence-corrected chi connectivity index (χ4v) is 3.54. The van der Waals surface area contributed by atoms with E-state index in [2.05, 4.69) is 43.3 Å². The van der Waals surface area contributed by atoms with Crippen LogP contribution in [0.25, 0.3) is 11.1 Å². The summed E-state index contributed by atoms with van der Waals surface area (Å²) in [5.74, 6) is 0. The van der Waals surface area contributed by atoms with Gasteiger partial charge in [0, 0.05) is 0 Å². The molecule has 2 heteroatoms. The highest BCUT2D eigenvalue weighted by atomic mass is 19.3. The van der Waals surface area contributed by atoms with Crippen molar-refractivity contribution in [1.29, 1.82) is 0 Å². The van der Waals surface area contributed by atoms with Crippen LogP contribution in [0.1, 0.15) is 75.8 Å². The van der Waals surface area contributed by atoms with Crippen LogP contribution in [0.4, 0.5) is 8.78 Å². The van der Waals surface area contributed by atoms with Gasteiger partial charge in [-0.05, 0) is 54.0 Å². The fourth-order valence-electron chi connectivity index (χ4n) is 3.54. The van der Waals surface area contributed by atoms with Crippen molar-refractivity contribution in [2.75, 3.05) is 0 Å². The van der Waals surface area contributed by atoms with Crippen LogP contribution in [0.15, 0.2) is 60.7 Å². The Hall–Kier alpha value is -1.96. The summed E-state index contributed by atoms with van der Waals surface area (Å²) in [6.45, 7) is 2.26. The molecule has 2 aromatic rings. The van der Waals surface area contributed by atoms with E-state index in [1.165, 1.54) is 68.1 Å². The van der Waals surface area contributed by atoms with Crippen molar-refractivity contribution in [2.24, 2.45) is 0 Å². The van der Waals surface area contributed by atoms with E-state index in [-0.39, 0.29) is 0 Å². The molecule has 0 aliphatic carbocycles. The van der Waals surface area contributed by atoms with Gasteiger partial charge in [0.05, 0.1) is 0 Å². The molecule has 0 saturated carbocycles. The number of aryl methyl sites for hydroxylation is 2. The molecular weight excluding hydrogens is 350 g/mol. The predicted octanol–water partition coefficient (Wildman–Crippen LogP) is 8.75. The lowest BCUT2D eigenvalue weighted by Gasteiger charge is -2.06. The standard InChI is InChI=1S/C26H34F2/c1-2-3-4-5-6-7-8-9-11-22-14-18-24(19-15-22)25-20-16-23(17-21-25)12-10-13-26(27)28/h13-21H,2-12H2,1H3. The Morgan fingerprint density at radius 2 is 1.11 bits per heavy atom. The third kappa shape index (κ3) is 8.82. The van der Waals surface area contributed by atoms with Gasteiger partial charge in [0.2, 0.25) is 0 Å². The Morgan fingerprint density at radius 3 is 1.61 bits per heavy atom. The molecule has 28 heavy (non-hydrogen) atoms. The number of unbranched alkanes of at least 4 members (excludes halogenated alkanes) is 7. The smallest absolute Gasteiger partial charge is 0.174 e. The highest BCUT2D eigenvalue weighted by Crippen LogP contribution is 2.22. The van der Waals surface area contributed by atoms with Crippen LogP contribution >= 0.6 is 0 Å². The highest BCUT2D eigenvalue weighted by molar-refractivity contribution is 5.64. The lowest BCUT2D eigenvalue weighted by molar-refractivity contribution is 0.417. The quantitative estimate of drug-likeness (QED) is 0.303. The first-order valence-electron chi connectivity index (χ1n) is 10.9. The molecule has 0 atom stereocenters. The lowest BCUT2D eigenvalue weighted by Crippen LogP contribution is -1.88. The van der Waals surface area contributed by atoms with Gasteiger partial charge in [-0.25, -0.2) is 0 Å². The van der Waals surface area contributed by atoms with Crippen LogP contribution in [-0.2, 0) is 12.8 Å². The summed E-state index contributed by atoms with van der Waals surface area (Å²) >= 11 is 0. The molecule has 0 aromatic heterocycles. The Bertz CT molecular complexity index is 679. The number of allylic oxidation sites excluding steroid dienone is 1. The molecule has 0 nitrogen and oxygen atoms in total. The second kappa shape index (κ2) is 13.3. The molecule has 0 radical (unpaired) electrons. The molecule has 152 valence electrons. The summed E-state index contributed by atoms with van der Waals surface area (Å²) < 4.78 is 24.2. The maximum atomic E-state index is 12.1. The minimum Gasteiger partial charge on any atom is -0.174 e. The van der Waals surface area contributed by atoms with Crippen molar-refractivity contribution in [2.45, 2.75) is 77.6 Å². The second-order valence-corrected chi connectivity index (χ2v) is 7.65. The van der Waals surface area contributed by atoms with Crippen LogP contribution in [0.5, 0.6) is 0 Å². The molecule has 2 aromatic carbocycles. The van der Waals surface area contributed by atoms with Crippen molar-refractivity contribution in [3.8, 4) is 11.1 Å². The van der Waals surface area contributed by atoms with Crippen LogP contribution in [-0.4, -0.2) is 0 Å². The molecule has 0 aliphatic rings. The largest absolute Gasteiger partial charge is 0.266 e. The number of benzene rings is 2. The zero-order chi connectivity index (χ0) is 20.0. The van der Waals surface area contributed by atoms with Gasteiger partial charge < -0.3 is 0 Å². The van der Waals surface area contributed by atoms with Crippen molar-refractivity contribution >= 4 is 0 Å². The van der Waals surface area contributed by atoms with E-state index in [0.29, 0.717) is 12.8 Å². The van der Waals surface area contributed by atoms with Gasteiger partial charge in [0.25, 0.3) is 6.08 Å². The average Bonchev–Trinajstić information content (AvgIpc) is 2.71. The van der Waals surface area contributed by atoms with Gasteiger partial charge in [-0.2, -0.15) is 8.78 Å². The number of halogens is 2. The molecule has 0 spiro atoms. The van der Waals surface area contributed by atoms with E-state index >= 15 is 0 Å². The van der Waals surface area contributed by atoms with Gasteiger partial charge >= 0.3 is 0 Å².